The minimum atomic E-state index is 0.444. The van der Waals surface area contributed by atoms with Crippen LogP contribution in [0.2, 0.25) is 0 Å². The molecule has 0 aromatic rings. The SMILES string of the molecule is CCN1C[N+]2(CCCC2)CC1(C)C. The molecule has 2 rings (SSSR count). The van der Waals surface area contributed by atoms with Crippen molar-refractivity contribution >= 4 is 0 Å². The van der Waals surface area contributed by atoms with Crippen molar-refractivity contribution in [1.82, 2.24) is 4.90 Å². The van der Waals surface area contributed by atoms with E-state index in [1.54, 1.807) is 0 Å². The topological polar surface area (TPSA) is 3.24 Å². The van der Waals surface area contributed by atoms with E-state index in [2.05, 4.69) is 25.7 Å². The summed E-state index contributed by atoms with van der Waals surface area (Å²) in [6.07, 6.45) is 2.90. The monoisotopic (exact) mass is 183 g/mol. The summed E-state index contributed by atoms with van der Waals surface area (Å²) < 4.78 is 1.39. The van der Waals surface area contributed by atoms with Crippen LogP contribution in [0.5, 0.6) is 0 Å². The molecule has 0 amide bonds. The highest BCUT2D eigenvalue weighted by Crippen LogP contribution is 2.33. The van der Waals surface area contributed by atoms with Crippen LogP contribution in [-0.2, 0) is 0 Å². The predicted molar refractivity (Wildman–Crippen MR) is 55.4 cm³/mol. The van der Waals surface area contributed by atoms with Crippen LogP contribution in [0.3, 0.4) is 0 Å². The summed E-state index contributed by atoms with van der Waals surface area (Å²) in [5.41, 5.74) is 0.444. The van der Waals surface area contributed by atoms with E-state index in [1.807, 2.05) is 0 Å². The van der Waals surface area contributed by atoms with E-state index in [1.165, 1.54) is 50.2 Å². The van der Waals surface area contributed by atoms with Crippen LogP contribution < -0.4 is 0 Å². The van der Waals surface area contributed by atoms with Crippen molar-refractivity contribution < 1.29 is 4.48 Å². The zero-order valence-corrected chi connectivity index (χ0v) is 9.34. The van der Waals surface area contributed by atoms with Crippen molar-refractivity contribution in [3.05, 3.63) is 0 Å². The molecule has 2 nitrogen and oxygen atoms in total. The fraction of sp³-hybridized carbons (Fsp3) is 1.00. The average molecular weight is 183 g/mol. The van der Waals surface area contributed by atoms with Gasteiger partial charge in [0.05, 0.1) is 25.2 Å². The molecule has 0 N–H and O–H groups in total. The lowest BCUT2D eigenvalue weighted by Gasteiger charge is -2.28. The van der Waals surface area contributed by atoms with Crippen LogP contribution in [0.1, 0.15) is 33.6 Å². The number of hydrogen-bond acceptors (Lipinski definition) is 1. The van der Waals surface area contributed by atoms with Gasteiger partial charge in [0, 0.05) is 19.4 Å². The lowest BCUT2D eigenvalue weighted by molar-refractivity contribution is -0.910. The van der Waals surface area contributed by atoms with Crippen molar-refractivity contribution in [3.63, 3.8) is 0 Å². The number of nitrogens with zero attached hydrogens (tertiary/aromatic N) is 2. The van der Waals surface area contributed by atoms with E-state index in [9.17, 15) is 0 Å². The molecule has 0 saturated carbocycles. The second-order valence-electron chi connectivity index (χ2n) is 5.46. The number of rotatable bonds is 1. The highest BCUT2D eigenvalue weighted by molar-refractivity contribution is 4.85. The quantitative estimate of drug-likeness (QED) is 0.559. The fourth-order valence-corrected chi connectivity index (χ4v) is 3.36. The van der Waals surface area contributed by atoms with E-state index in [0.29, 0.717) is 5.54 Å². The maximum Gasteiger partial charge on any atom is 0.135 e. The number of quaternary nitrogens is 1. The third kappa shape index (κ3) is 1.50. The van der Waals surface area contributed by atoms with Crippen LogP contribution in [0.4, 0.5) is 0 Å². The van der Waals surface area contributed by atoms with Crippen LogP contribution in [0, 0.1) is 0 Å². The van der Waals surface area contributed by atoms with Crippen molar-refractivity contribution in [3.8, 4) is 0 Å². The molecule has 2 saturated heterocycles. The van der Waals surface area contributed by atoms with Gasteiger partial charge in [-0.05, 0) is 13.8 Å². The third-order valence-electron chi connectivity index (χ3n) is 3.95. The van der Waals surface area contributed by atoms with Gasteiger partial charge in [0.1, 0.15) is 6.67 Å². The lowest BCUT2D eigenvalue weighted by atomic mass is 10.1. The van der Waals surface area contributed by atoms with Crippen LogP contribution >= 0.6 is 0 Å². The lowest BCUT2D eigenvalue weighted by Crippen LogP contribution is -2.44. The second-order valence-corrected chi connectivity index (χ2v) is 5.46. The molecule has 0 radical (unpaired) electrons. The van der Waals surface area contributed by atoms with Crippen molar-refractivity contribution in [2.75, 3.05) is 32.8 Å². The molecule has 2 heterocycles. The van der Waals surface area contributed by atoms with E-state index >= 15 is 0 Å². The van der Waals surface area contributed by atoms with Gasteiger partial charge >= 0.3 is 0 Å². The fourth-order valence-electron chi connectivity index (χ4n) is 3.36. The molecule has 2 aliphatic rings. The summed E-state index contributed by atoms with van der Waals surface area (Å²) in [4.78, 5) is 2.65. The van der Waals surface area contributed by atoms with E-state index in [4.69, 9.17) is 0 Å². The first-order valence-electron chi connectivity index (χ1n) is 5.68. The molecule has 13 heavy (non-hydrogen) atoms. The molecule has 0 bridgehead atoms. The largest absolute Gasteiger partial charge is 0.310 e. The van der Waals surface area contributed by atoms with E-state index < -0.39 is 0 Å². The van der Waals surface area contributed by atoms with Crippen LogP contribution in [-0.4, -0.2) is 47.8 Å². The molecule has 2 heteroatoms. The maximum absolute atomic E-state index is 2.65. The third-order valence-corrected chi connectivity index (χ3v) is 3.95. The van der Waals surface area contributed by atoms with Crippen LogP contribution in [0.15, 0.2) is 0 Å². The summed E-state index contributed by atoms with van der Waals surface area (Å²) in [6.45, 7) is 13.9. The van der Waals surface area contributed by atoms with Gasteiger partial charge in [-0.2, -0.15) is 0 Å². The summed E-state index contributed by atoms with van der Waals surface area (Å²) in [6, 6.07) is 0. The van der Waals surface area contributed by atoms with E-state index in [-0.39, 0.29) is 0 Å². The Kier molecular flexibility index (Phi) is 2.16. The molecule has 2 aliphatic heterocycles. The van der Waals surface area contributed by atoms with Crippen molar-refractivity contribution in [2.24, 2.45) is 0 Å². The summed E-state index contributed by atoms with van der Waals surface area (Å²) in [7, 11) is 0. The molecular weight excluding hydrogens is 160 g/mol. The normalized spacial score (nSPS) is 31.6. The zero-order valence-electron chi connectivity index (χ0n) is 9.34. The minimum Gasteiger partial charge on any atom is -0.310 e. The Morgan fingerprint density at radius 2 is 1.85 bits per heavy atom. The smallest absolute Gasteiger partial charge is 0.135 e. The Bertz CT molecular complexity index is 192. The molecule has 76 valence electrons. The second kappa shape index (κ2) is 2.96. The van der Waals surface area contributed by atoms with Crippen molar-refractivity contribution in [2.45, 2.75) is 39.2 Å². The molecule has 0 aromatic carbocycles. The molecule has 0 aromatic heterocycles. The van der Waals surface area contributed by atoms with Gasteiger partial charge < -0.3 is 4.48 Å². The first-order chi connectivity index (χ1) is 6.08. The zero-order chi connectivity index (χ0) is 9.53. The first kappa shape index (κ1) is 9.47. The van der Waals surface area contributed by atoms with Gasteiger partial charge in [0.15, 0.2) is 0 Å². The van der Waals surface area contributed by atoms with Gasteiger partial charge in [-0.1, -0.05) is 6.92 Å². The Hall–Kier alpha value is -0.0800. The summed E-state index contributed by atoms with van der Waals surface area (Å²) in [5.74, 6) is 0. The highest BCUT2D eigenvalue weighted by Gasteiger charge is 2.48. The molecule has 1 spiro atoms. The van der Waals surface area contributed by atoms with Crippen LogP contribution in [0.25, 0.3) is 0 Å². The number of likely N-dealkylation sites (N-methyl/N-ethyl adjacent to an activating group) is 1. The number of hydrogen-bond donors (Lipinski definition) is 0. The average Bonchev–Trinajstić information content (AvgIpc) is 2.57. The summed E-state index contributed by atoms with van der Waals surface area (Å²) in [5, 5.41) is 0. The first-order valence-corrected chi connectivity index (χ1v) is 5.68. The Balaban J connectivity index is 2.12. The molecule has 2 fully saturated rings. The molecular formula is C11H23N2+. The predicted octanol–water partition coefficient (Wildman–Crippen LogP) is 1.67. The van der Waals surface area contributed by atoms with Gasteiger partial charge in [-0.25, -0.2) is 4.90 Å². The van der Waals surface area contributed by atoms with E-state index in [0.717, 1.165) is 0 Å². The standard InChI is InChI=1S/C11H23N2/c1-4-12-10-13(7-5-6-8-13)9-11(12,2)3/h4-10H2,1-3H3/q+1. The van der Waals surface area contributed by atoms with Gasteiger partial charge in [-0.3, -0.25) is 0 Å². The molecule has 0 atom stereocenters. The van der Waals surface area contributed by atoms with Gasteiger partial charge in [0.2, 0.25) is 0 Å². The molecule has 0 unspecified atom stereocenters. The molecule has 0 aliphatic carbocycles. The minimum absolute atomic E-state index is 0.444. The Labute approximate surface area is 82.1 Å². The maximum atomic E-state index is 2.65. The van der Waals surface area contributed by atoms with Gasteiger partial charge in [-0.15, -0.1) is 0 Å². The summed E-state index contributed by atoms with van der Waals surface area (Å²) >= 11 is 0. The Morgan fingerprint density at radius 1 is 1.23 bits per heavy atom. The van der Waals surface area contributed by atoms with Gasteiger partial charge in [0.25, 0.3) is 0 Å². The highest BCUT2D eigenvalue weighted by atomic mass is 15.5. The van der Waals surface area contributed by atoms with Crippen molar-refractivity contribution in [1.29, 1.82) is 0 Å². The Morgan fingerprint density at radius 3 is 2.31 bits per heavy atom.